The summed E-state index contributed by atoms with van der Waals surface area (Å²) in [5, 5.41) is 0. The Balaban J connectivity index is 3.03. The van der Waals surface area contributed by atoms with Gasteiger partial charge in [-0.2, -0.15) is 0 Å². The molecule has 2 N–H and O–H groups in total. The molecule has 2 heteroatoms. The van der Waals surface area contributed by atoms with E-state index in [2.05, 4.69) is 10.9 Å². The van der Waals surface area contributed by atoms with Gasteiger partial charge >= 0.3 is 0 Å². The highest BCUT2D eigenvalue weighted by Gasteiger charge is 1.99. The normalized spacial score (nSPS) is 12.1. The van der Waals surface area contributed by atoms with E-state index in [0.717, 1.165) is 5.69 Å². The molecule has 0 fully saturated rings. The highest BCUT2D eigenvalue weighted by molar-refractivity contribution is 5.26. The van der Waals surface area contributed by atoms with Gasteiger partial charge in [0.25, 0.3) is 0 Å². The predicted octanol–water partition coefficient (Wildman–Crippen LogP) is 1.08. The summed E-state index contributed by atoms with van der Waals surface area (Å²) in [5.41, 5.74) is 7.08. The van der Waals surface area contributed by atoms with E-state index in [1.54, 1.807) is 6.07 Å². The van der Waals surface area contributed by atoms with Crippen LogP contribution in [0, 0.1) is 12.3 Å². The summed E-state index contributed by atoms with van der Waals surface area (Å²) < 4.78 is 0. The lowest BCUT2D eigenvalue weighted by molar-refractivity contribution is 0.779. The van der Waals surface area contributed by atoms with Gasteiger partial charge in [0.2, 0.25) is 0 Å². The van der Waals surface area contributed by atoms with Crippen molar-refractivity contribution in [2.75, 3.05) is 0 Å². The summed E-state index contributed by atoms with van der Waals surface area (Å²) in [5.74, 6) is 2.46. The molecule has 0 aromatic carbocycles. The van der Waals surface area contributed by atoms with Crippen LogP contribution in [0.1, 0.15) is 24.4 Å². The molecule has 0 radical (unpaired) electrons. The molecule has 0 aliphatic carbocycles. The van der Waals surface area contributed by atoms with Gasteiger partial charge in [-0.05, 0) is 19.1 Å². The Morgan fingerprint density at radius 1 is 1.64 bits per heavy atom. The number of nitrogens with two attached hydrogens (primary N) is 1. The largest absolute Gasteiger partial charge is 0.323 e. The molecule has 1 unspecified atom stereocenters. The quantitative estimate of drug-likeness (QED) is 0.602. The Hall–Kier alpha value is -1.33. The Morgan fingerprint density at radius 3 is 2.91 bits per heavy atom. The second-order valence-electron chi connectivity index (χ2n) is 2.38. The van der Waals surface area contributed by atoms with Gasteiger partial charge in [-0.1, -0.05) is 12.0 Å². The van der Waals surface area contributed by atoms with Gasteiger partial charge in [0.1, 0.15) is 5.69 Å². The van der Waals surface area contributed by atoms with Crippen LogP contribution < -0.4 is 5.73 Å². The zero-order valence-electron chi connectivity index (χ0n) is 6.41. The standard InChI is InChI=1S/C9H10N2/c1-3-8-5-4-6-9(11-8)7(2)10/h1,4-7H,10H2,2H3. The highest BCUT2D eigenvalue weighted by Crippen LogP contribution is 2.05. The molecule has 56 valence electrons. The Kier molecular flexibility index (Phi) is 2.25. The molecule has 0 aliphatic rings. The zero-order valence-corrected chi connectivity index (χ0v) is 6.41. The van der Waals surface area contributed by atoms with E-state index in [1.807, 2.05) is 19.1 Å². The average molecular weight is 146 g/mol. The summed E-state index contributed by atoms with van der Waals surface area (Å²) >= 11 is 0. The van der Waals surface area contributed by atoms with E-state index in [4.69, 9.17) is 12.2 Å². The lowest BCUT2D eigenvalue weighted by Gasteiger charge is -2.03. The molecule has 11 heavy (non-hydrogen) atoms. The third-order valence-electron chi connectivity index (χ3n) is 1.39. The van der Waals surface area contributed by atoms with Crippen LogP contribution >= 0.6 is 0 Å². The summed E-state index contributed by atoms with van der Waals surface area (Å²) in [4.78, 5) is 4.13. The second kappa shape index (κ2) is 3.18. The first-order valence-electron chi connectivity index (χ1n) is 3.43. The van der Waals surface area contributed by atoms with Crippen LogP contribution in [-0.2, 0) is 0 Å². The Morgan fingerprint density at radius 2 is 2.36 bits per heavy atom. The summed E-state index contributed by atoms with van der Waals surface area (Å²) in [6.45, 7) is 1.88. The van der Waals surface area contributed by atoms with E-state index in [1.165, 1.54) is 0 Å². The van der Waals surface area contributed by atoms with Gasteiger partial charge in [-0.25, -0.2) is 4.98 Å². The first-order valence-corrected chi connectivity index (χ1v) is 3.43. The van der Waals surface area contributed by atoms with Gasteiger partial charge in [-0.15, -0.1) is 6.42 Å². The molecule has 1 atom stereocenters. The number of aromatic nitrogens is 1. The molecule has 0 saturated carbocycles. The molecule has 0 saturated heterocycles. The minimum absolute atomic E-state index is 0.0525. The maximum absolute atomic E-state index is 5.61. The van der Waals surface area contributed by atoms with Gasteiger partial charge < -0.3 is 5.73 Å². The van der Waals surface area contributed by atoms with Gasteiger partial charge in [0.05, 0.1) is 5.69 Å². The zero-order chi connectivity index (χ0) is 8.27. The van der Waals surface area contributed by atoms with E-state index in [9.17, 15) is 0 Å². The maximum Gasteiger partial charge on any atom is 0.113 e. The molecular formula is C9H10N2. The third-order valence-corrected chi connectivity index (χ3v) is 1.39. The number of rotatable bonds is 1. The Bertz CT molecular complexity index is 284. The fraction of sp³-hybridized carbons (Fsp3) is 0.222. The number of nitrogens with zero attached hydrogens (tertiary/aromatic N) is 1. The molecular weight excluding hydrogens is 136 g/mol. The van der Waals surface area contributed by atoms with Gasteiger partial charge in [0, 0.05) is 6.04 Å². The molecule has 0 aliphatic heterocycles. The van der Waals surface area contributed by atoms with Crippen molar-refractivity contribution in [1.82, 2.24) is 4.98 Å². The summed E-state index contributed by atoms with van der Waals surface area (Å²) in [7, 11) is 0. The van der Waals surface area contributed by atoms with Gasteiger partial charge in [-0.3, -0.25) is 0 Å². The molecule has 0 bridgehead atoms. The fourth-order valence-corrected chi connectivity index (χ4v) is 0.785. The molecule has 0 amide bonds. The lowest BCUT2D eigenvalue weighted by atomic mass is 10.2. The minimum Gasteiger partial charge on any atom is -0.323 e. The summed E-state index contributed by atoms with van der Waals surface area (Å²) in [6, 6.07) is 5.46. The highest BCUT2D eigenvalue weighted by atomic mass is 14.8. The maximum atomic E-state index is 5.61. The van der Waals surface area contributed by atoms with Crippen molar-refractivity contribution in [3.05, 3.63) is 29.6 Å². The van der Waals surface area contributed by atoms with Crippen LogP contribution in [0.4, 0.5) is 0 Å². The molecule has 1 rings (SSSR count). The first kappa shape index (κ1) is 7.77. The van der Waals surface area contributed by atoms with E-state index >= 15 is 0 Å². The first-order chi connectivity index (χ1) is 5.24. The van der Waals surface area contributed by atoms with Crippen molar-refractivity contribution in [2.45, 2.75) is 13.0 Å². The number of hydrogen-bond donors (Lipinski definition) is 1. The predicted molar refractivity (Wildman–Crippen MR) is 44.8 cm³/mol. The summed E-state index contributed by atoms with van der Waals surface area (Å²) in [6.07, 6.45) is 5.17. The number of pyridine rings is 1. The van der Waals surface area contributed by atoms with E-state index in [0.29, 0.717) is 5.69 Å². The Labute approximate surface area is 66.4 Å². The topological polar surface area (TPSA) is 38.9 Å². The van der Waals surface area contributed by atoms with Crippen molar-refractivity contribution in [3.8, 4) is 12.3 Å². The monoisotopic (exact) mass is 146 g/mol. The average Bonchev–Trinajstić information content (AvgIpc) is 2.05. The molecule has 1 heterocycles. The van der Waals surface area contributed by atoms with Crippen LogP contribution in [-0.4, -0.2) is 4.98 Å². The second-order valence-corrected chi connectivity index (χ2v) is 2.38. The third kappa shape index (κ3) is 1.79. The van der Waals surface area contributed by atoms with E-state index in [-0.39, 0.29) is 6.04 Å². The van der Waals surface area contributed by atoms with Gasteiger partial charge in [0.15, 0.2) is 0 Å². The fourth-order valence-electron chi connectivity index (χ4n) is 0.785. The van der Waals surface area contributed by atoms with Crippen LogP contribution in [0.3, 0.4) is 0 Å². The number of terminal acetylenes is 1. The van der Waals surface area contributed by atoms with Crippen molar-refractivity contribution < 1.29 is 0 Å². The van der Waals surface area contributed by atoms with Crippen LogP contribution in [0.15, 0.2) is 18.2 Å². The van der Waals surface area contributed by atoms with Crippen LogP contribution in [0.2, 0.25) is 0 Å². The molecule has 1 aromatic rings. The van der Waals surface area contributed by atoms with E-state index < -0.39 is 0 Å². The van der Waals surface area contributed by atoms with Crippen molar-refractivity contribution >= 4 is 0 Å². The lowest BCUT2D eigenvalue weighted by Crippen LogP contribution is -2.07. The van der Waals surface area contributed by atoms with Crippen LogP contribution in [0.25, 0.3) is 0 Å². The molecule has 1 aromatic heterocycles. The van der Waals surface area contributed by atoms with Crippen LogP contribution in [0.5, 0.6) is 0 Å². The SMILES string of the molecule is C#Cc1cccc(C(C)N)n1. The van der Waals surface area contributed by atoms with Crippen molar-refractivity contribution in [2.24, 2.45) is 5.73 Å². The molecule has 0 spiro atoms. The van der Waals surface area contributed by atoms with Crippen molar-refractivity contribution in [3.63, 3.8) is 0 Å². The molecule has 2 nitrogen and oxygen atoms in total. The smallest absolute Gasteiger partial charge is 0.113 e. The van der Waals surface area contributed by atoms with Crippen molar-refractivity contribution in [1.29, 1.82) is 0 Å². The number of hydrogen-bond acceptors (Lipinski definition) is 2. The minimum atomic E-state index is -0.0525.